The van der Waals surface area contributed by atoms with Gasteiger partial charge in [-0.3, -0.25) is 14.5 Å². The fourth-order valence-electron chi connectivity index (χ4n) is 2.59. The van der Waals surface area contributed by atoms with E-state index in [4.69, 9.17) is 0 Å². The predicted molar refractivity (Wildman–Crippen MR) is 79.6 cm³/mol. The number of hydrogen-bond donors (Lipinski definition) is 1. The average Bonchev–Trinajstić information content (AvgIpc) is 2.45. The second-order valence-corrected chi connectivity index (χ2v) is 5.26. The maximum atomic E-state index is 12.6. The van der Waals surface area contributed by atoms with Gasteiger partial charge in [0.2, 0.25) is 11.8 Å². The molecule has 4 heteroatoms. The molecule has 1 aliphatic rings. The van der Waals surface area contributed by atoms with Crippen molar-refractivity contribution in [1.82, 2.24) is 5.32 Å². The number of piperazine rings is 1. The van der Waals surface area contributed by atoms with Gasteiger partial charge >= 0.3 is 0 Å². The molecule has 4 nitrogen and oxygen atoms in total. The lowest BCUT2D eigenvalue weighted by Crippen LogP contribution is -2.62. The van der Waals surface area contributed by atoms with Crippen molar-refractivity contribution < 1.29 is 9.59 Å². The Labute approximate surface area is 120 Å². The molecule has 0 radical (unpaired) electrons. The van der Waals surface area contributed by atoms with E-state index in [2.05, 4.69) is 12.2 Å². The number of hydrogen-bond acceptors (Lipinski definition) is 2. The van der Waals surface area contributed by atoms with Crippen LogP contribution < -0.4 is 10.2 Å². The number of benzene rings is 1. The fraction of sp³-hybridized carbons (Fsp3) is 0.500. The van der Waals surface area contributed by atoms with Gasteiger partial charge in [-0.05, 0) is 37.5 Å². The van der Waals surface area contributed by atoms with Gasteiger partial charge in [0.15, 0.2) is 0 Å². The van der Waals surface area contributed by atoms with Crippen LogP contribution in [0.1, 0.15) is 39.2 Å². The van der Waals surface area contributed by atoms with E-state index < -0.39 is 12.1 Å². The van der Waals surface area contributed by atoms with Crippen LogP contribution >= 0.6 is 0 Å². The molecule has 1 N–H and O–H groups in total. The van der Waals surface area contributed by atoms with Crippen LogP contribution in [0.4, 0.5) is 5.69 Å². The van der Waals surface area contributed by atoms with Crippen LogP contribution in [-0.4, -0.2) is 23.9 Å². The Bertz CT molecular complexity index is 513. The maximum Gasteiger partial charge on any atom is 0.250 e. The van der Waals surface area contributed by atoms with Crippen molar-refractivity contribution in [3.05, 3.63) is 29.8 Å². The SMILES string of the molecule is CCCC1NC(=O)C(C)N(c2cccc(CC)c2)C1=O. The highest BCUT2D eigenvalue weighted by atomic mass is 16.2. The summed E-state index contributed by atoms with van der Waals surface area (Å²) < 4.78 is 0. The monoisotopic (exact) mass is 274 g/mol. The van der Waals surface area contributed by atoms with Crippen LogP contribution in [-0.2, 0) is 16.0 Å². The number of rotatable bonds is 4. The third-order valence-corrected chi connectivity index (χ3v) is 3.79. The summed E-state index contributed by atoms with van der Waals surface area (Å²) in [5, 5.41) is 2.82. The molecule has 2 amide bonds. The zero-order valence-corrected chi connectivity index (χ0v) is 12.3. The van der Waals surface area contributed by atoms with E-state index in [-0.39, 0.29) is 11.8 Å². The zero-order valence-electron chi connectivity index (χ0n) is 12.3. The highest BCUT2D eigenvalue weighted by Crippen LogP contribution is 2.23. The molecule has 1 aliphatic heterocycles. The van der Waals surface area contributed by atoms with Gasteiger partial charge in [-0.25, -0.2) is 0 Å². The molecule has 0 bridgehead atoms. The summed E-state index contributed by atoms with van der Waals surface area (Å²) in [5.41, 5.74) is 1.98. The number of anilines is 1. The molecule has 0 aliphatic carbocycles. The van der Waals surface area contributed by atoms with Gasteiger partial charge in [-0.15, -0.1) is 0 Å². The summed E-state index contributed by atoms with van der Waals surface area (Å²) in [4.78, 5) is 26.3. The Balaban J connectivity index is 2.35. The van der Waals surface area contributed by atoms with Gasteiger partial charge in [0, 0.05) is 5.69 Å². The van der Waals surface area contributed by atoms with E-state index in [1.54, 1.807) is 11.8 Å². The summed E-state index contributed by atoms with van der Waals surface area (Å²) in [5.74, 6) is -0.0860. The largest absolute Gasteiger partial charge is 0.342 e. The molecule has 0 aromatic heterocycles. The summed E-state index contributed by atoms with van der Waals surface area (Å²) in [6.45, 7) is 5.86. The molecular weight excluding hydrogens is 252 g/mol. The Morgan fingerprint density at radius 2 is 2.00 bits per heavy atom. The minimum absolute atomic E-state index is 0.00722. The van der Waals surface area contributed by atoms with Crippen molar-refractivity contribution in [3.63, 3.8) is 0 Å². The lowest BCUT2D eigenvalue weighted by molar-refractivity contribution is -0.133. The van der Waals surface area contributed by atoms with Crippen molar-refractivity contribution in [2.45, 2.75) is 52.1 Å². The highest BCUT2D eigenvalue weighted by molar-refractivity contribution is 6.08. The van der Waals surface area contributed by atoms with Crippen LogP contribution in [0.25, 0.3) is 0 Å². The molecular formula is C16H22N2O2. The van der Waals surface area contributed by atoms with Gasteiger partial charge in [0.05, 0.1) is 0 Å². The van der Waals surface area contributed by atoms with Crippen molar-refractivity contribution in [3.8, 4) is 0 Å². The lowest BCUT2D eigenvalue weighted by Gasteiger charge is -2.37. The maximum absolute atomic E-state index is 12.6. The van der Waals surface area contributed by atoms with Gasteiger partial charge in [-0.1, -0.05) is 32.4 Å². The molecule has 2 atom stereocenters. The zero-order chi connectivity index (χ0) is 14.7. The van der Waals surface area contributed by atoms with E-state index in [9.17, 15) is 9.59 Å². The number of nitrogens with zero attached hydrogens (tertiary/aromatic N) is 1. The molecule has 1 heterocycles. The van der Waals surface area contributed by atoms with Gasteiger partial charge in [0.25, 0.3) is 0 Å². The van der Waals surface area contributed by atoms with E-state index in [0.717, 1.165) is 18.5 Å². The minimum atomic E-state index is -0.456. The highest BCUT2D eigenvalue weighted by Gasteiger charge is 2.38. The first-order chi connectivity index (χ1) is 9.58. The summed E-state index contributed by atoms with van der Waals surface area (Å²) in [6, 6.07) is 7.02. The standard InChI is InChI=1S/C16H22N2O2/c1-4-7-14-16(20)18(11(3)15(19)17-14)13-9-6-8-12(5-2)10-13/h6,8-11,14H,4-5,7H2,1-3H3,(H,17,19). The van der Waals surface area contributed by atoms with Crippen LogP contribution in [0.5, 0.6) is 0 Å². The Morgan fingerprint density at radius 3 is 2.65 bits per heavy atom. The van der Waals surface area contributed by atoms with Crippen molar-refractivity contribution in [1.29, 1.82) is 0 Å². The number of carbonyl (C=O) groups is 2. The van der Waals surface area contributed by atoms with Crippen LogP contribution in [0.2, 0.25) is 0 Å². The number of nitrogens with one attached hydrogen (secondary N) is 1. The first kappa shape index (κ1) is 14.6. The topological polar surface area (TPSA) is 49.4 Å². The van der Waals surface area contributed by atoms with Crippen LogP contribution in [0.15, 0.2) is 24.3 Å². The smallest absolute Gasteiger partial charge is 0.250 e. The molecule has 0 saturated carbocycles. The van der Waals surface area contributed by atoms with E-state index in [0.29, 0.717) is 6.42 Å². The average molecular weight is 274 g/mol. The molecule has 1 aromatic rings. The first-order valence-electron chi connectivity index (χ1n) is 7.30. The number of carbonyl (C=O) groups excluding carboxylic acids is 2. The summed E-state index contributed by atoms with van der Waals surface area (Å²) in [7, 11) is 0. The van der Waals surface area contributed by atoms with E-state index >= 15 is 0 Å². The fourth-order valence-corrected chi connectivity index (χ4v) is 2.59. The molecule has 1 fully saturated rings. The van der Waals surface area contributed by atoms with E-state index in [1.165, 1.54) is 5.56 Å². The molecule has 0 spiro atoms. The van der Waals surface area contributed by atoms with E-state index in [1.807, 2.05) is 31.2 Å². The van der Waals surface area contributed by atoms with Gasteiger partial charge in [0.1, 0.15) is 12.1 Å². The molecule has 20 heavy (non-hydrogen) atoms. The first-order valence-corrected chi connectivity index (χ1v) is 7.30. The van der Waals surface area contributed by atoms with Crippen molar-refractivity contribution >= 4 is 17.5 Å². The molecule has 1 saturated heterocycles. The van der Waals surface area contributed by atoms with Crippen molar-refractivity contribution in [2.75, 3.05) is 4.90 Å². The second kappa shape index (κ2) is 6.07. The third-order valence-electron chi connectivity index (χ3n) is 3.79. The van der Waals surface area contributed by atoms with Gasteiger partial charge in [-0.2, -0.15) is 0 Å². The van der Waals surface area contributed by atoms with Gasteiger partial charge < -0.3 is 5.32 Å². The summed E-state index contributed by atoms with van der Waals surface area (Å²) in [6.07, 6.45) is 2.46. The Kier molecular flexibility index (Phi) is 4.42. The van der Waals surface area contributed by atoms with Crippen molar-refractivity contribution in [2.24, 2.45) is 0 Å². The quantitative estimate of drug-likeness (QED) is 0.915. The Morgan fingerprint density at radius 1 is 1.25 bits per heavy atom. The minimum Gasteiger partial charge on any atom is -0.342 e. The van der Waals surface area contributed by atoms with Crippen LogP contribution in [0, 0.1) is 0 Å². The lowest BCUT2D eigenvalue weighted by atomic mass is 10.0. The Hall–Kier alpha value is -1.84. The molecule has 2 rings (SSSR count). The molecule has 108 valence electrons. The number of aryl methyl sites for hydroxylation is 1. The molecule has 1 aromatic carbocycles. The predicted octanol–water partition coefficient (Wildman–Crippen LogP) is 2.27. The number of amides is 2. The molecule has 2 unspecified atom stereocenters. The normalized spacial score (nSPS) is 22.9. The third kappa shape index (κ3) is 2.69. The summed E-state index contributed by atoms with van der Waals surface area (Å²) >= 11 is 0. The van der Waals surface area contributed by atoms with Crippen LogP contribution in [0.3, 0.4) is 0 Å². The second-order valence-electron chi connectivity index (χ2n) is 5.26.